The number of ether oxygens (including phenoxy) is 2. The molecule has 0 bridgehead atoms. The van der Waals surface area contributed by atoms with Gasteiger partial charge in [-0.15, -0.1) is 0 Å². The van der Waals surface area contributed by atoms with Gasteiger partial charge in [0.05, 0.1) is 19.8 Å². The van der Waals surface area contributed by atoms with Crippen molar-refractivity contribution in [1.82, 2.24) is 10.3 Å². The lowest BCUT2D eigenvalue weighted by Gasteiger charge is -2.20. The van der Waals surface area contributed by atoms with Crippen LogP contribution >= 0.6 is 23.2 Å². The number of hydrogen-bond donors (Lipinski definition) is 2. The average molecular weight is 485 g/mol. The number of Topliss-reactive ketones (excluding diaryl/α,β-unsaturated/α-hetero) is 2. The normalized spacial score (nSPS) is 14.3. The molecule has 0 unspecified atom stereocenters. The maximum Gasteiger partial charge on any atom is 0.222 e. The van der Waals surface area contributed by atoms with E-state index >= 15 is 0 Å². The van der Waals surface area contributed by atoms with Gasteiger partial charge in [0.2, 0.25) is 11.6 Å². The first-order valence-corrected chi connectivity index (χ1v) is 11.0. The molecule has 1 heterocycles. The average Bonchev–Trinajstić information content (AvgIpc) is 3.15. The molecule has 0 spiro atoms. The number of H-pyrrole nitrogens is 1. The highest BCUT2D eigenvalue weighted by atomic mass is 35.5. The van der Waals surface area contributed by atoms with Gasteiger partial charge in [-0.2, -0.15) is 0 Å². The number of benzene rings is 2. The van der Waals surface area contributed by atoms with Crippen molar-refractivity contribution in [3.05, 3.63) is 75.0 Å². The number of allylic oxidation sites excluding steroid dienone is 3. The van der Waals surface area contributed by atoms with Crippen LogP contribution in [-0.4, -0.2) is 37.3 Å². The Kier molecular flexibility index (Phi) is 6.49. The van der Waals surface area contributed by atoms with Crippen LogP contribution in [0.15, 0.2) is 58.2 Å². The summed E-state index contributed by atoms with van der Waals surface area (Å²) >= 11 is 12.8. The summed E-state index contributed by atoms with van der Waals surface area (Å²) in [6.07, 6.45) is 0.561. The van der Waals surface area contributed by atoms with E-state index < -0.39 is 11.6 Å². The minimum absolute atomic E-state index is 0.00777. The quantitative estimate of drug-likeness (QED) is 0.467. The number of carbonyl (C=O) groups excluding carboxylic acids is 2. The molecule has 1 aliphatic carbocycles. The van der Waals surface area contributed by atoms with Gasteiger partial charge < -0.3 is 19.8 Å². The Labute approximate surface area is 201 Å². The molecule has 0 atom stereocenters. The smallest absolute Gasteiger partial charge is 0.222 e. The highest BCUT2D eigenvalue weighted by molar-refractivity contribution is 6.63. The molecule has 1 aromatic heterocycles. The minimum Gasteiger partial charge on any atom is -0.493 e. The van der Waals surface area contributed by atoms with Gasteiger partial charge >= 0.3 is 0 Å². The fraction of sp³-hybridized carbons (Fsp3) is 0.200. The molecular formula is C25H22Cl2N2O4. The molecule has 0 amide bonds. The third-order valence-electron chi connectivity index (χ3n) is 5.60. The minimum atomic E-state index is -0.506. The van der Waals surface area contributed by atoms with Crippen LogP contribution in [-0.2, 0) is 16.0 Å². The fourth-order valence-corrected chi connectivity index (χ4v) is 4.52. The maximum absolute atomic E-state index is 13.2. The lowest BCUT2D eigenvalue weighted by molar-refractivity contribution is -0.114. The van der Waals surface area contributed by atoms with Crippen LogP contribution in [0.2, 0.25) is 0 Å². The summed E-state index contributed by atoms with van der Waals surface area (Å²) in [5.41, 5.74) is 3.26. The van der Waals surface area contributed by atoms with Gasteiger partial charge in [-0.3, -0.25) is 9.59 Å². The van der Waals surface area contributed by atoms with Crippen LogP contribution in [0, 0.1) is 6.92 Å². The van der Waals surface area contributed by atoms with Crippen LogP contribution in [0.4, 0.5) is 0 Å². The molecule has 0 aliphatic heterocycles. The molecule has 6 nitrogen and oxygen atoms in total. The van der Waals surface area contributed by atoms with Gasteiger partial charge in [0.25, 0.3) is 0 Å². The number of aromatic nitrogens is 1. The Morgan fingerprint density at radius 2 is 1.67 bits per heavy atom. The summed E-state index contributed by atoms with van der Waals surface area (Å²) in [4.78, 5) is 29.5. The largest absolute Gasteiger partial charge is 0.493 e. The first-order valence-electron chi connectivity index (χ1n) is 10.3. The lowest BCUT2D eigenvalue weighted by atomic mass is 9.92. The molecule has 0 radical (unpaired) electrons. The summed E-state index contributed by atoms with van der Waals surface area (Å²) in [5, 5.41) is 3.48. The molecule has 0 saturated heterocycles. The highest BCUT2D eigenvalue weighted by Gasteiger charge is 2.35. The monoisotopic (exact) mass is 484 g/mol. The fourth-order valence-electron chi connectivity index (χ4n) is 3.99. The number of halogens is 2. The SMILES string of the molecule is COc1ccc(CCNC2=C(Cl)C(=O)C(c3c(C)[nH]c4ccccc34)=C(Cl)C2=O)cc1OC. The van der Waals surface area contributed by atoms with Gasteiger partial charge in [0.15, 0.2) is 11.5 Å². The number of hydrogen-bond acceptors (Lipinski definition) is 5. The molecule has 8 heteroatoms. The van der Waals surface area contributed by atoms with E-state index in [-0.39, 0.29) is 21.3 Å². The number of nitrogens with one attached hydrogen (secondary N) is 2. The van der Waals surface area contributed by atoms with Crippen LogP contribution in [0.3, 0.4) is 0 Å². The Morgan fingerprint density at radius 1 is 0.939 bits per heavy atom. The van der Waals surface area contributed by atoms with E-state index in [0.717, 1.165) is 22.2 Å². The van der Waals surface area contributed by atoms with Gasteiger partial charge in [-0.25, -0.2) is 0 Å². The van der Waals surface area contributed by atoms with Gasteiger partial charge in [-0.05, 0) is 37.1 Å². The van der Waals surface area contributed by atoms with E-state index in [0.29, 0.717) is 30.0 Å². The van der Waals surface area contributed by atoms with Crippen molar-refractivity contribution in [3.8, 4) is 11.5 Å². The Bertz CT molecular complexity index is 1340. The summed E-state index contributed by atoms with van der Waals surface area (Å²) in [6, 6.07) is 13.1. The molecule has 3 aromatic rings. The van der Waals surface area contributed by atoms with Gasteiger partial charge in [-0.1, -0.05) is 47.5 Å². The third-order valence-corrected chi connectivity index (χ3v) is 6.32. The molecule has 33 heavy (non-hydrogen) atoms. The number of ketones is 2. The molecule has 170 valence electrons. The molecule has 0 saturated carbocycles. The number of fused-ring (bicyclic) bond motifs is 1. The topological polar surface area (TPSA) is 80.4 Å². The van der Waals surface area contributed by atoms with Crippen molar-refractivity contribution in [2.45, 2.75) is 13.3 Å². The van der Waals surface area contributed by atoms with Gasteiger partial charge in [0.1, 0.15) is 15.8 Å². The van der Waals surface area contributed by atoms with E-state index in [4.69, 9.17) is 32.7 Å². The zero-order valence-corrected chi connectivity index (χ0v) is 19.9. The summed E-state index contributed by atoms with van der Waals surface area (Å²) < 4.78 is 10.6. The molecule has 0 fully saturated rings. The van der Waals surface area contributed by atoms with Crippen molar-refractivity contribution < 1.29 is 19.1 Å². The van der Waals surface area contributed by atoms with Crippen molar-refractivity contribution in [2.75, 3.05) is 20.8 Å². The van der Waals surface area contributed by atoms with Crippen LogP contribution in [0.5, 0.6) is 11.5 Å². The zero-order valence-electron chi connectivity index (χ0n) is 18.3. The number of methoxy groups -OCH3 is 2. The van der Waals surface area contributed by atoms with E-state index in [9.17, 15) is 9.59 Å². The number of aromatic amines is 1. The molecule has 2 aromatic carbocycles. The Hall–Kier alpha value is -3.22. The number of rotatable bonds is 7. The van der Waals surface area contributed by atoms with Crippen molar-refractivity contribution >= 4 is 51.2 Å². The standard InChI is InChI=1S/C25H22Cl2N2O4/c1-13-19(15-6-4-5-7-16(15)29-13)20-21(26)25(31)23(22(27)24(20)30)28-11-10-14-8-9-17(32-2)18(12-14)33-3/h4-9,12,28-29H,10-11H2,1-3H3. The highest BCUT2D eigenvalue weighted by Crippen LogP contribution is 2.38. The van der Waals surface area contributed by atoms with E-state index in [1.54, 1.807) is 14.2 Å². The first-order chi connectivity index (χ1) is 15.9. The van der Waals surface area contributed by atoms with Crippen LogP contribution in [0.1, 0.15) is 16.8 Å². The zero-order chi connectivity index (χ0) is 23.7. The van der Waals surface area contributed by atoms with Crippen molar-refractivity contribution in [3.63, 3.8) is 0 Å². The second kappa shape index (κ2) is 9.33. The second-order valence-electron chi connectivity index (χ2n) is 7.57. The number of aryl methyl sites for hydroxylation is 1. The predicted octanol–water partition coefficient (Wildman–Crippen LogP) is 4.88. The third kappa shape index (κ3) is 4.12. The van der Waals surface area contributed by atoms with Crippen molar-refractivity contribution in [1.29, 1.82) is 0 Å². The molecular weight excluding hydrogens is 463 g/mol. The first kappa shape index (κ1) is 23.0. The molecule has 1 aliphatic rings. The van der Waals surface area contributed by atoms with Crippen LogP contribution in [0.25, 0.3) is 16.5 Å². The Morgan fingerprint density at radius 3 is 2.39 bits per heavy atom. The van der Waals surface area contributed by atoms with E-state index in [2.05, 4.69) is 10.3 Å². The molecule has 4 rings (SSSR count). The lowest BCUT2D eigenvalue weighted by Crippen LogP contribution is -2.30. The number of carbonyl (C=O) groups is 2. The second-order valence-corrected chi connectivity index (χ2v) is 8.33. The van der Waals surface area contributed by atoms with Crippen LogP contribution < -0.4 is 14.8 Å². The molecule has 2 N–H and O–H groups in total. The number of para-hydroxylation sites is 1. The summed E-state index contributed by atoms with van der Waals surface area (Å²) in [7, 11) is 3.14. The maximum atomic E-state index is 13.2. The van der Waals surface area contributed by atoms with Crippen molar-refractivity contribution in [2.24, 2.45) is 0 Å². The summed E-state index contributed by atoms with van der Waals surface area (Å²) in [6.45, 7) is 2.20. The Balaban J connectivity index is 1.57. The van der Waals surface area contributed by atoms with E-state index in [1.165, 1.54) is 0 Å². The summed E-state index contributed by atoms with van der Waals surface area (Å²) in [5.74, 6) is 0.252. The van der Waals surface area contributed by atoms with E-state index in [1.807, 2.05) is 49.4 Å². The predicted molar refractivity (Wildman–Crippen MR) is 130 cm³/mol. The van der Waals surface area contributed by atoms with Gasteiger partial charge in [0, 0.05) is 28.7 Å².